The Morgan fingerprint density at radius 2 is 1.50 bits per heavy atom. The van der Waals surface area contributed by atoms with Crippen molar-refractivity contribution in [1.82, 2.24) is 10.6 Å². The summed E-state index contributed by atoms with van der Waals surface area (Å²) in [6, 6.07) is 17.4. The van der Waals surface area contributed by atoms with E-state index in [-0.39, 0.29) is 24.2 Å². The van der Waals surface area contributed by atoms with Crippen LogP contribution in [0.25, 0.3) is 0 Å². The van der Waals surface area contributed by atoms with Crippen LogP contribution in [0, 0.1) is 0 Å². The average Bonchev–Trinajstić information content (AvgIpc) is 2.84. The van der Waals surface area contributed by atoms with Crippen LogP contribution in [0.2, 0.25) is 0 Å². The van der Waals surface area contributed by atoms with Crippen molar-refractivity contribution in [1.29, 1.82) is 0 Å². The lowest BCUT2D eigenvalue weighted by Crippen LogP contribution is -2.50. The first-order chi connectivity index (χ1) is 16.3. The number of alkyl carbamates (subject to hydrolysis) is 1. The van der Waals surface area contributed by atoms with Gasteiger partial charge in [0.15, 0.2) is 11.0 Å². The summed E-state index contributed by atoms with van der Waals surface area (Å²) in [5.41, 5.74) is 12.5. The summed E-state index contributed by atoms with van der Waals surface area (Å²) in [7, 11) is 0. The number of carbonyl (C=O) groups is 2. The summed E-state index contributed by atoms with van der Waals surface area (Å²) in [4.78, 5) is 28.8. The van der Waals surface area contributed by atoms with Crippen LogP contribution in [-0.4, -0.2) is 41.6 Å². The Hall–Kier alpha value is -3.66. The molecule has 6 N–H and O–H groups in total. The molecule has 182 valence electrons. The second-order valence-corrected chi connectivity index (χ2v) is 7.93. The molecule has 0 aliphatic rings. The van der Waals surface area contributed by atoms with E-state index in [1.807, 2.05) is 60.7 Å². The highest BCUT2D eigenvalue weighted by atomic mass is 32.1. The van der Waals surface area contributed by atoms with Gasteiger partial charge in [-0.1, -0.05) is 60.7 Å². The highest BCUT2D eigenvalue weighted by Crippen LogP contribution is 2.08. The quantitative estimate of drug-likeness (QED) is 0.157. The standard InChI is InChI=1S/C24H31N5O4S/c1-17(28-24(31)33-16-19-11-6-3-7-12-19)21(30)29-20(13-8-14-27-23(25)26)22(34)32-15-18-9-4-2-5-10-18/h2-7,9-12,17,20H,8,13-16H2,1H3,(H,28,31)(H,29,30)(H4,25,26,27)/t17-,20-/m0/s1. The molecule has 0 unspecified atom stereocenters. The van der Waals surface area contributed by atoms with E-state index >= 15 is 0 Å². The van der Waals surface area contributed by atoms with E-state index in [0.29, 0.717) is 19.4 Å². The molecule has 0 aliphatic carbocycles. The van der Waals surface area contributed by atoms with E-state index in [9.17, 15) is 9.59 Å². The van der Waals surface area contributed by atoms with Crippen molar-refractivity contribution in [2.75, 3.05) is 6.54 Å². The highest BCUT2D eigenvalue weighted by Gasteiger charge is 2.23. The number of guanidine groups is 1. The smallest absolute Gasteiger partial charge is 0.408 e. The zero-order valence-electron chi connectivity index (χ0n) is 19.1. The van der Waals surface area contributed by atoms with Gasteiger partial charge in [0.2, 0.25) is 5.91 Å². The highest BCUT2D eigenvalue weighted by molar-refractivity contribution is 7.80. The Labute approximate surface area is 204 Å². The number of hydrogen-bond donors (Lipinski definition) is 4. The number of nitrogens with zero attached hydrogens (tertiary/aromatic N) is 1. The van der Waals surface area contributed by atoms with Gasteiger partial charge in [-0.3, -0.25) is 9.79 Å². The fourth-order valence-electron chi connectivity index (χ4n) is 2.89. The molecule has 2 aromatic carbocycles. The number of carbonyl (C=O) groups excluding carboxylic acids is 2. The van der Waals surface area contributed by atoms with Gasteiger partial charge < -0.3 is 31.6 Å². The van der Waals surface area contributed by atoms with Gasteiger partial charge in [-0.05, 0) is 43.1 Å². The third kappa shape index (κ3) is 10.3. The number of thiocarbonyl (C=S) groups is 1. The summed E-state index contributed by atoms with van der Waals surface area (Å²) in [6.07, 6.45) is 0.332. The molecule has 0 aliphatic heterocycles. The van der Waals surface area contributed by atoms with Crippen molar-refractivity contribution >= 4 is 35.2 Å². The van der Waals surface area contributed by atoms with Gasteiger partial charge in [-0.15, -0.1) is 0 Å². The van der Waals surface area contributed by atoms with Gasteiger partial charge in [0.05, 0.1) is 6.04 Å². The predicted molar refractivity (Wildman–Crippen MR) is 135 cm³/mol. The molecule has 0 radical (unpaired) electrons. The summed E-state index contributed by atoms with van der Waals surface area (Å²) >= 11 is 5.43. The monoisotopic (exact) mass is 485 g/mol. The molecule has 10 heteroatoms. The maximum absolute atomic E-state index is 12.7. The molecule has 0 bridgehead atoms. The van der Waals surface area contributed by atoms with E-state index in [0.717, 1.165) is 11.1 Å². The lowest BCUT2D eigenvalue weighted by Gasteiger charge is -2.22. The first kappa shape index (κ1) is 26.6. The van der Waals surface area contributed by atoms with E-state index in [1.54, 1.807) is 6.92 Å². The van der Waals surface area contributed by atoms with Crippen LogP contribution in [0.5, 0.6) is 0 Å². The Balaban J connectivity index is 1.88. The number of ether oxygens (including phenoxy) is 2. The minimum Gasteiger partial charge on any atom is -0.480 e. The maximum atomic E-state index is 12.7. The number of hydrogen-bond acceptors (Lipinski definition) is 6. The van der Waals surface area contributed by atoms with Crippen LogP contribution >= 0.6 is 12.2 Å². The third-order valence-electron chi connectivity index (χ3n) is 4.71. The van der Waals surface area contributed by atoms with Crippen LogP contribution in [0.15, 0.2) is 65.7 Å². The number of aliphatic imine (C=N–C) groups is 1. The number of nitrogens with two attached hydrogens (primary N) is 2. The molecule has 0 aromatic heterocycles. The Kier molecular flexibility index (Phi) is 11.3. The van der Waals surface area contributed by atoms with Gasteiger partial charge in [-0.2, -0.15) is 0 Å². The molecule has 2 atom stereocenters. The van der Waals surface area contributed by atoms with E-state index < -0.39 is 24.1 Å². The summed E-state index contributed by atoms with van der Waals surface area (Å²) < 4.78 is 10.9. The number of rotatable bonds is 12. The lowest BCUT2D eigenvalue weighted by atomic mass is 10.1. The minimum atomic E-state index is -0.847. The first-order valence-electron chi connectivity index (χ1n) is 10.9. The molecule has 9 nitrogen and oxygen atoms in total. The Morgan fingerprint density at radius 1 is 0.941 bits per heavy atom. The molecule has 34 heavy (non-hydrogen) atoms. The predicted octanol–water partition coefficient (Wildman–Crippen LogP) is 2.38. The first-order valence-corrected chi connectivity index (χ1v) is 11.3. The fraction of sp³-hybridized carbons (Fsp3) is 0.333. The summed E-state index contributed by atoms with van der Waals surface area (Å²) in [6.45, 7) is 2.32. The van der Waals surface area contributed by atoms with Gasteiger partial charge in [-0.25, -0.2) is 4.79 Å². The van der Waals surface area contributed by atoms with Gasteiger partial charge in [0, 0.05) is 6.54 Å². The zero-order chi connectivity index (χ0) is 24.8. The minimum absolute atomic E-state index is 0.00433. The molecule has 2 aromatic rings. The topological polar surface area (TPSA) is 141 Å². The molecule has 0 fully saturated rings. The molecule has 0 spiro atoms. The largest absolute Gasteiger partial charge is 0.480 e. The second-order valence-electron chi connectivity index (χ2n) is 7.53. The second kappa shape index (κ2) is 14.5. The van der Waals surface area contributed by atoms with Crippen molar-refractivity contribution in [2.24, 2.45) is 16.5 Å². The summed E-state index contributed by atoms with van der Waals surface area (Å²) in [5, 5.41) is 5.59. The number of amides is 2. The zero-order valence-corrected chi connectivity index (χ0v) is 19.9. The van der Waals surface area contributed by atoms with Crippen molar-refractivity contribution in [3.63, 3.8) is 0 Å². The molecule has 2 amide bonds. The third-order valence-corrected chi connectivity index (χ3v) is 5.11. The number of benzene rings is 2. The normalized spacial score (nSPS) is 12.0. The lowest BCUT2D eigenvalue weighted by molar-refractivity contribution is -0.123. The van der Waals surface area contributed by atoms with Crippen LogP contribution in [0.4, 0.5) is 4.79 Å². The van der Waals surface area contributed by atoms with Crippen molar-refractivity contribution in [2.45, 2.75) is 45.1 Å². The van der Waals surface area contributed by atoms with E-state index in [2.05, 4.69) is 15.6 Å². The molecule has 0 saturated carbocycles. The van der Waals surface area contributed by atoms with Crippen molar-refractivity contribution in [3.8, 4) is 0 Å². The molecular weight excluding hydrogens is 454 g/mol. The Bertz CT molecular complexity index is 952. The molecule has 0 heterocycles. The Morgan fingerprint density at radius 3 is 2.06 bits per heavy atom. The van der Waals surface area contributed by atoms with Gasteiger partial charge >= 0.3 is 6.09 Å². The molecular formula is C24H31N5O4S. The molecule has 0 saturated heterocycles. The molecule has 2 rings (SSSR count). The van der Waals surface area contributed by atoms with Crippen LogP contribution < -0.4 is 22.1 Å². The van der Waals surface area contributed by atoms with E-state index in [4.69, 9.17) is 33.2 Å². The average molecular weight is 486 g/mol. The van der Waals surface area contributed by atoms with Gasteiger partial charge in [0.25, 0.3) is 0 Å². The van der Waals surface area contributed by atoms with Gasteiger partial charge in [0.1, 0.15) is 19.3 Å². The SMILES string of the molecule is C[C@H](NC(=O)OCc1ccccc1)C(=O)N[C@@H](CCCN=C(N)N)C(=S)OCc1ccccc1. The van der Waals surface area contributed by atoms with E-state index in [1.165, 1.54) is 0 Å². The number of nitrogens with one attached hydrogen (secondary N) is 2. The summed E-state index contributed by atoms with van der Waals surface area (Å²) in [5.74, 6) is -0.426. The van der Waals surface area contributed by atoms with Crippen molar-refractivity contribution < 1.29 is 19.1 Å². The fourth-order valence-corrected chi connectivity index (χ4v) is 3.12. The van der Waals surface area contributed by atoms with Crippen LogP contribution in [0.3, 0.4) is 0 Å². The maximum Gasteiger partial charge on any atom is 0.408 e. The van der Waals surface area contributed by atoms with Crippen LogP contribution in [-0.2, 0) is 27.5 Å². The van der Waals surface area contributed by atoms with Crippen LogP contribution in [0.1, 0.15) is 30.9 Å². The van der Waals surface area contributed by atoms with Crippen molar-refractivity contribution in [3.05, 3.63) is 71.8 Å².